The van der Waals surface area contributed by atoms with Crippen molar-refractivity contribution in [2.75, 3.05) is 19.0 Å². The minimum absolute atomic E-state index is 0.0735. The summed E-state index contributed by atoms with van der Waals surface area (Å²) in [6.45, 7) is 4.09. The molecule has 0 amide bonds. The molecule has 0 aromatic heterocycles. The van der Waals surface area contributed by atoms with Gasteiger partial charge in [0, 0.05) is 30.3 Å². The van der Waals surface area contributed by atoms with Crippen molar-refractivity contribution in [3.63, 3.8) is 0 Å². The minimum atomic E-state index is -4.48. The van der Waals surface area contributed by atoms with Crippen LogP contribution in [0.25, 0.3) is 0 Å². The average Bonchev–Trinajstić information content (AvgIpc) is 2.77. The van der Waals surface area contributed by atoms with Gasteiger partial charge >= 0.3 is 11.8 Å². The lowest BCUT2D eigenvalue weighted by atomic mass is 9.84. The second kappa shape index (κ2) is 8.30. The van der Waals surface area contributed by atoms with Crippen LogP contribution in [0.4, 0.5) is 17.6 Å². The maximum Gasteiger partial charge on any atom is 0.340 e. The van der Waals surface area contributed by atoms with Crippen molar-refractivity contribution in [3.8, 4) is 0 Å². The molecule has 3 nitrogen and oxygen atoms in total. The van der Waals surface area contributed by atoms with E-state index in [-0.39, 0.29) is 28.2 Å². The van der Waals surface area contributed by atoms with Crippen molar-refractivity contribution in [3.05, 3.63) is 64.7 Å². The van der Waals surface area contributed by atoms with Crippen molar-refractivity contribution in [1.29, 1.82) is 0 Å². The summed E-state index contributed by atoms with van der Waals surface area (Å²) in [5, 5.41) is 0. The van der Waals surface area contributed by atoms with E-state index >= 15 is 17.6 Å². The summed E-state index contributed by atoms with van der Waals surface area (Å²) in [5.41, 5.74) is -1.55. The Bertz CT molecular complexity index is 1020. The Morgan fingerprint density at radius 1 is 0.933 bits per heavy atom. The molecule has 3 rings (SSSR count). The van der Waals surface area contributed by atoms with Gasteiger partial charge in [-0.15, -0.1) is 0 Å². The number of ether oxygens (including phenoxy) is 1. The van der Waals surface area contributed by atoms with Gasteiger partial charge in [-0.05, 0) is 43.0 Å². The molecular formula is C22H24F4O3S. The highest BCUT2D eigenvalue weighted by Crippen LogP contribution is 2.56. The topological polar surface area (TPSA) is 43.4 Å². The third-order valence-corrected chi connectivity index (χ3v) is 7.26. The molecular weight excluding hydrogens is 420 g/mol. The van der Waals surface area contributed by atoms with Gasteiger partial charge in [0.15, 0.2) is 9.84 Å². The molecule has 0 heterocycles. The second-order valence-electron chi connectivity index (χ2n) is 7.28. The van der Waals surface area contributed by atoms with E-state index in [2.05, 4.69) is 0 Å². The summed E-state index contributed by atoms with van der Waals surface area (Å²) in [4.78, 5) is -0.142. The number of benzene rings is 2. The molecule has 0 bridgehead atoms. The van der Waals surface area contributed by atoms with Gasteiger partial charge in [-0.2, -0.15) is 17.6 Å². The van der Waals surface area contributed by atoms with Crippen molar-refractivity contribution in [2.45, 2.75) is 49.3 Å². The number of sulfone groups is 1. The van der Waals surface area contributed by atoms with Crippen LogP contribution in [0.15, 0.2) is 47.4 Å². The van der Waals surface area contributed by atoms with E-state index in [0.29, 0.717) is 19.6 Å². The first-order valence-corrected chi connectivity index (χ1v) is 11.5. The lowest BCUT2D eigenvalue weighted by Crippen LogP contribution is -2.35. The summed E-state index contributed by atoms with van der Waals surface area (Å²) in [5.74, 6) is -9.94. The van der Waals surface area contributed by atoms with Gasteiger partial charge in [-0.1, -0.05) is 37.3 Å². The van der Waals surface area contributed by atoms with Crippen LogP contribution in [0.5, 0.6) is 0 Å². The molecule has 2 aromatic rings. The number of halogens is 4. The van der Waals surface area contributed by atoms with Crippen LogP contribution in [-0.4, -0.2) is 27.4 Å². The molecule has 1 atom stereocenters. The fourth-order valence-corrected chi connectivity index (χ4v) is 4.83. The highest BCUT2D eigenvalue weighted by atomic mass is 32.2. The average molecular weight is 444 g/mol. The fourth-order valence-electron chi connectivity index (χ4n) is 3.91. The summed E-state index contributed by atoms with van der Waals surface area (Å²) < 4.78 is 90.3. The third kappa shape index (κ3) is 3.75. The standard InChI is InChI=1S/C22H24F4O3S/c1-3-29-13-7-9-16-17-8-5-6-10-19(17)21(23,24)22(25,26)20-12-11-15(14-18(16)20)30(27,28)4-2/h5-6,8,10-12,14,16H,3-4,7,9,13H2,1-2H3. The zero-order valence-corrected chi connectivity index (χ0v) is 17.6. The highest BCUT2D eigenvalue weighted by Gasteiger charge is 2.62. The fraction of sp³-hybridized carbons (Fsp3) is 0.455. The van der Waals surface area contributed by atoms with Gasteiger partial charge in [0.25, 0.3) is 0 Å². The summed E-state index contributed by atoms with van der Waals surface area (Å²) in [6.07, 6.45) is 0.722. The lowest BCUT2D eigenvalue weighted by Gasteiger charge is -2.27. The number of hydrogen-bond donors (Lipinski definition) is 0. The van der Waals surface area contributed by atoms with Gasteiger partial charge in [-0.3, -0.25) is 0 Å². The van der Waals surface area contributed by atoms with E-state index in [4.69, 9.17) is 4.74 Å². The molecule has 0 radical (unpaired) electrons. The molecule has 8 heteroatoms. The van der Waals surface area contributed by atoms with Crippen molar-refractivity contribution < 1.29 is 30.7 Å². The number of rotatable bonds is 7. The lowest BCUT2D eigenvalue weighted by molar-refractivity contribution is -0.223. The molecule has 30 heavy (non-hydrogen) atoms. The van der Waals surface area contributed by atoms with Crippen LogP contribution in [0.2, 0.25) is 0 Å². The first kappa shape index (κ1) is 22.7. The zero-order chi connectivity index (χ0) is 22.2. The Morgan fingerprint density at radius 2 is 1.57 bits per heavy atom. The van der Waals surface area contributed by atoms with Crippen LogP contribution < -0.4 is 0 Å². The SMILES string of the molecule is CCOCCCC1c2ccccc2C(F)(F)C(F)(F)c2ccc(S(=O)(=O)CC)cc21. The molecule has 2 aromatic carbocycles. The number of alkyl halides is 4. The smallest absolute Gasteiger partial charge is 0.340 e. The monoisotopic (exact) mass is 444 g/mol. The molecule has 1 aliphatic rings. The molecule has 0 fully saturated rings. The van der Waals surface area contributed by atoms with E-state index in [1.165, 1.54) is 25.1 Å². The van der Waals surface area contributed by atoms with E-state index in [9.17, 15) is 8.42 Å². The van der Waals surface area contributed by atoms with Gasteiger partial charge in [0.1, 0.15) is 0 Å². The van der Waals surface area contributed by atoms with Crippen LogP contribution >= 0.6 is 0 Å². The molecule has 0 aliphatic heterocycles. The van der Waals surface area contributed by atoms with Gasteiger partial charge in [0.2, 0.25) is 0 Å². The van der Waals surface area contributed by atoms with Crippen LogP contribution in [0.1, 0.15) is 54.9 Å². The number of hydrogen-bond acceptors (Lipinski definition) is 3. The van der Waals surface area contributed by atoms with Gasteiger partial charge in [-0.25, -0.2) is 8.42 Å². The maximum absolute atomic E-state index is 15.1. The maximum atomic E-state index is 15.1. The van der Waals surface area contributed by atoms with Crippen LogP contribution in [0.3, 0.4) is 0 Å². The molecule has 1 aliphatic carbocycles. The molecule has 0 saturated heterocycles. The second-order valence-corrected chi connectivity index (χ2v) is 9.56. The first-order valence-electron chi connectivity index (χ1n) is 9.87. The summed E-state index contributed by atoms with van der Waals surface area (Å²) >= 11 is 0. The Morgan fingerprint density at radius 3 is 2.20 bits per heavy atom. The summed E-state index contributed by atoms with van der Waals surface area (Å²) in [6, 6.07) is 8.26. The Balaban J connectivity index is 2.27. The minimum Gasteiger partial charge on any atom is -0.382 e. The molecule has 164 valence electrons. The van der Waals surface area contributed by atoms with Gasteiger partial charge < -0.3 is 4.74 Å². The third-order valence-electron chi connectivity index (χ3n) is 5.53. The zero-order valence-electron chi connectivity index (χ0n) is 16.8. The van der Waals surface area contributed by atoms with E-state index in [0.717, 1.165) is 24.3 Å². The van der Waals surface area contributed by atoms with Crippen molar-refractivity contribution in [1.82, 2.24) is 0 Å². The molecule has 0 N–H and O–H groups in total. The first-order chi connectivity index (χ1) is 14.1. The van der Waals surface area contributed by atoms with E-state index in [1.807, 2.05) is 6.92 Å². The van der Waals surface area contributed by atoms with E-state index < -0.39 is 38.7 Å². The van der Waals surface area contributed by atoms with Crippen LogP contribution in [-0.2, 0) is 26.4 Å². The largest absolute Gasteiger partial charge is 0.382 e. The van der Waals surface area contributed by atoms with Gasteiger partial charge in [0.05, 0.1) is 10.6 Å². The normalized spacial score (nSPS) is 19.6. The Hall–Kier alpha value is -1.93. The van der Waals surface area contributed by atoms with Crippen molar-refractivity contribution in [2.24, 2.45) is 0 Å². The number of fused-ring (bicyclic) bond motifs is 2. The Kier molecular flexibility index (Phi) is 6.30. The van der Waals surface area contributed by atoms with Crippen molar-refractivity contribution >= 4 is 9.84 Å². The van der Waals surface area contributed by atoms with E-state index in [1.54, 1.807) is 0 Å². The quantitative estimate of drug-likeness (QED) is 0.411. The predicted molar refractivity (Wildman–Crippen MR) is 106 cm³/mol. The molecule has 1 unspecified atom stereocenters. The molecule has 0 saturated carbocycles. The Labute approximate surface area is 174 Å². The molecule has 0 spiro atoms. The highest BCUT2D eigenvalue weighted by molar-refractivity contribution is 7.91. The predicted octanol–water partition coefficient (Wildman–Crippen LogP) is 5.63. The summed E-state index contributed by atoms with van der Waals surface area (Å²) in [7, 11) is -3.70. The van der Waals surface area contributed by atoms with Crippen LogP contribution in [0, 0.1) is 0 Å².